The van der Waals surface area contributed by atoms with Crippen molar-refractivity contribution >= 4 is 0 Å². The van der Waals surface area contributed by atoms with E-state index in [0.717, 1.165) is 42.9 Å². The maximum Gasteiger partial charge on any atom is 0.416 e. The van der Waals surface area contributed by atoms with Crippen LogP contribution in [0.1, 0.15) is 86.0 Å². The summed E-state index contributed by atoms with van der Waals surface area (Å²) in [5.41, 5.74) is -2.29. The maximum atomic E-state index is 13.3. The number of hydrogen-bond acceptors (Lipinski definition) is 1. The Morgan fingerprint density at radius 2 is 1.45 bits per heavy atom. The lowest BCUT2D eigenvalue weighted by atomic mass is 9.81. The minimum Gasteiger partial charge on any atom is -0.466 e. The summed E-state index contributed by atoms with van der Waals surface area (Å²) in [4.78, 5) is 0. The Morgan fingerprint density at radius 1 is 0.818 bits per heavy atom. The van der Waals surface area contributed by atoms with Gasteiger partial charge in [0.05, 0.1) is 11.1 Å². The molecule has 2 saturated carbocycles. The van der Waals surface area contributed by atoms with Gasteiger partial charge in [0.15, 0.2) is 0 Å². The van der Waals surface area contributed by atoms with Crippen LogP contribution in [0.4, 0.5) is 26.3 Å². The fourth-order valence-corrected chi connectivity index (χ4v) is 6.20. The summed E-state index contributed by atoms with van der Waals surface area (Å²) >= 11 is 0. The predicted molar refractivity (Wildman–Crippen MR) is 114 cm³/mol. The summed E-state index contributed by atoms with van der Waals surface area (Å²) in [5, 5.41) is 0. The van der Waals surface area contributed by atoms with Crippen molar-refractivity contribution in [2.24, 2.45) is 23.7 Å². The molecule has 2 aromatic rings. The number of benzene rings is 1. The molecule has 2 aliphatic carbocycles. The second kappa shape index (κ2) is 8.70. The van der Waals surface area contributed by atoms with Crippen LogP contribution in [0.3, 0.4) is 0 Å². The van der Waals surface area contributed by atoms with E-state index in [2.05, 4.69) is 13.8 Å². The summed E-state index contributed by atoms with van der Waals surface area (Å²) in [6, 6.07) is 6.06. The molecule has 7 heteroatoms. The van der Waals surface area contributed by atoms with E-state index in [4.69, 9.17) is 4.42 Å². The monoisotopic (exact) mass is 472 g/mol. The summed E-state index contributed by atoms with van der Waals surface area (Å²) in [6.45, 7) is 6.23. The van der Waals surface area contributed by atoms with Gasteiger partial charge in [0.25, 0.3) is 0 Å². The van der Waals surface area contributed by atoms with Crippen LogP contribution >= 0.6 is 0 Å². The highest BCUT2D eigenvalue weighted by atomic mass is 19.4. The Kier molecular flexibility index (Phi) is 6.38. The minimum atomic E-state index is -4.81. The fourth-order valence-electron chi connectivity index (χ4n) is 6.20. The van der Waals surface area contributed by atoms with Gasteiger partial charge in [-0.05, 0) is 105 Å². The highest BCUT2D eigenvalue weighted by molar-refractivity contribution is 5.36. The van der Waals surface area contributed by atoms with E-state index in [1.54, 1.807) is 0 Å². The van der Waals surface area contributed by atoms with E-state index >= 15 is 0 Å². The third kappa shape index (κ3) is 5.27. The van der Waals surface area contributed by atoms with E-state index in [-0.39, 0.29) is 29.4 Å². The molecule has 6 unspecified atom stereocenters. The molecule has 1 heterocycles. The molecule has 1 nitrogen and oxygen atoms in total. The Morgan fingerprint density at radius 3 is 2.00 bits per heavy atom. The van der Waals surface area contributed by atoms with Crippen molar-refractivity contribution in [3.63, 3.8) is 0 Å². The van der Waals surface area contributed by atoms with Crippen LogP contribution < -0.4 is 0 Å². The average molecular weight is 473 g/mol. The van der Waals surface area contributed by atoms with Crippen LogP contribution in [0.15, 0.2) is 34.7 Å². The molecule has 1 aromatic heterocycles. The van der Waals surface area contributed by atoms with Gasteiger partial charge in [-0.2, -0.15) is 26.3 Å². The van der Waals surface area contributed by atoms with Crippen LogP contribution in [0.25, 0.3) is 0 Å². The van der Waals surface area contributed by atoms with Crippen molar-refractivity contribution in [3.8, 4) is 0 Å². The van der Waals surface area contributed by atoms with Gasteiger partial charge in [0.2, 0.25) is 0 Å². The average Bonchev–Trinajstić information content (AvgIpc) is 3.39. The fraction of sp³-hybridized carbons (Fsp3) is 0.615. The summed E-state index contributed by atoms with van der Waals surface area (Å²) < 4.78 is 85.8. The molecule has 0 spiro atoms. The third-order valence-corrected chi connectivity index (χ3v) is 7.79. The standard InChI is InChI=1S/C26H30F6O/c1-14-6-20(23(7-14)24-5-4-16(3)33-24)10-17-9-18(8-15(17)2)19-11-21(25(27,28)29)13-22(12-19)26(30,31)32/h4-5,11-15,17-18,20,23H,6-10H2,1-3H3. The van der Waals surface area contributed by atoms with Gasteiger partial charge in [0.1, 0.15) is 11.5 Å². The van der Waals surface area contributed by atoms with Crippen molar-refractivity contribution in [3.05, 3.63) is 58.5 Å². The van der Waals surface area contributed by atoms with Gasteiger partial charge in [-0.3, -0.25) is 0 Å². The zero-order chi connectivity index (χ0) is 24.1. The Balaban J connectivity index is 1.54. The van der Waals surface area contributed by atoms with Crippen LogP contribution in [-0.2, 0) is 12.4 Å². The van der Waals surface area contributed by atoms with Crippen molar-refractivity contribution in [1.29, 1.82) is 0 Å². The van der Waals surface area contributed by atoms with E-state index in [1.165, 1.54) is 0 Å². The second-order valence-electron chi connectivity index (χ2n) is 10.4. The van der Waals surface area contributed by atoms with E-state index in [9.17, 15) is 26.3 Å². The van der Waals surface area contributed by atoms with Crippen molar-refractivity contribution in [2.45, 2.75) is 77.1 Å². The number of halogens is 6. The highest BCUT2D eigenvalue weighted by Gasteiger charge is 2.42. The van der Waals surface area contributed by atoms with Crippen molar-refractivity contribution < 1.29 is 30.8 Å². The lowest BCUT2D eigenvalue weighted by Gasteiger charge is -2.24. The second-order valence-corrected chi connectivity index (χ2v) is 10.4. The molecule has 0 bridgehead atoms. The third-order valence-electron chi connectivity index (χ3n) is 7.79. The summed E-state index contributed by atoms with van der Waals surface area (Å²) in [5.74, 6) is 3.41. The first kappa shape index (κ1) is 24.2. The molecular weight excluding hydrogens is 442 g/mol. The number of rotatable bonds is 4. The van der Waals surface area contributed by atoms with Gasteiger partial charge in [-0.25, -0.2) is 0 Å². The predicted octanol–water partition coefficient (Wildman–Crippen LogP) is 8.98. The van der Waals surface area contributed by atoms with Gasteiger partial charge in [-0.1, -0.05) is 13.8 Å². The summed E-state index contributed by atoms with van der Waals surface area (Å²) in [6.07, 6.45) is -5.35. The molecule has 0 aliphatic heterocycles. The van der Waals surface area contributed by atoms with Crippen LogP contribution in [-0.4, -0.2) is 0 Å². The van der Waals surface area contributed by atoms with Crippen molar-refractivity contribution in [1.82, 2.24) is 0 Å². The number of hydrogen-bond donors (Lipinski definition) is 0. The number of alkyl halides is 6. The van der Waals surface area contributed by atoms with Gasteiger partial charge in [-0.15, -0.1) is 0 Å². The van der Waals surface area contributed by atoms with E-state index in [0.29, 0.717) is 30.6 Å². The number of furan rings is 1. The molecule has 2 fully saturated rings. The lowest BCUT2D eigenvalue weighted by molar-refractivity contribution is -0.143. The minimum absolute atomic E-state index is 0.157. The molecule has 0 radical (unpaired) electrons. The maximum absolute atomic E-state index is 13.3. The molecule has 4 rings (SSSR count). The largest absolute Gasteiger partial charge is 0.466 e. The Labute approximate surface area is 190 Å². The van der Waals surface area contributed by atoms with E-state index < -0.39 is 23.5 Å². The SMILES string of the molecule is Cc1ccc(C2CC(C)CC2CC2CC(c3cc(C(F)(F)F)cc(C(F)(F)F)c3)CC2C)o1. The first-order valence-electron chi connectivity index (χ1n) is 11.7. The first-order chi connectivity index (χ1) is 15.3. The van der Waals surface area contributed by atoms with Gasteiger partial charge < -0.3 is 4.42 Å². The van der Waals surface area contributed by atoms with Gasteiger partial charge >= 0.3 is 12.4 Å². The van der Waals surface area contributed by atoms with Crippen LogP contribution in [0.5, 0.6) is 0 Å². The smallest absolute Gasteiger partial charge is 0.416 e. The molecule has 0 saturated heterocycles. The Bertz CT molecular complexity index is 940. The highest BCUT2D eigenvalue weighted by Crippen LogP contribution is 2.52. The topological polar surface area (TPSA) is 13.1 Å². The molecule has 33 heavy (non-hydrogen) atoms. The van der Waals surface area contributed by atoms with Crippen LogP contribution in [0.2, 0.25) is 0 Å². The molecule has 2 aliphatic rings. The quantitative estimate of drug-likeness (QED) is 0.405. The zero-order valence-corrected chi connectivity index (χ0v) is 19.1. The molecule has 0 amide bonds. The van der Waals surface area contributed by atoms with Crippen molar-refractivity contribution in [2.75, 3.05) is 0 Å². The first-order valence-corrected chi connectivity index (χ1v) is 11.7. The molecule has 6 atom stereocenters. The van der Waals surface area contributed by atoms with Crippen LogP contribution in [0, 0.1) is 30.6 Å². The molecule has 0 N–H and O–H groups in total. The van der Waals surface area contributed by atoms with E-state index in [1.807, 2.05) is 19.1 Å². The molecule has 182 valence electrons. The molecule has 1 aromatic carbocycles. The Hall–Kier alpha value is -1.92. The normalized spacial score (nSPS) is 30.8. The van der Waals surface area contributed by atoms with Gasteiger partial charge in [0, 0.05) is 5.92 Å². The molecular formula is C26H30F6O. The summed E-state index contributed by atoms with van der Waals surface area (Å²) in [7, 11) is 0. The lowest BCUT2D eigenvalue weighted by Crippen LogP contribution is -2.14. The zero-order valence-electron chi connectivity index (χ0n) is 19.1. The number of aryl methyl sites for hydroxylation is 1.